The van der Waals surface area contributed by atoms with Gasteiger partial charge >= 0.3 is 0 Å². The van der Waals surface area contributed by atoms with Gasteiger partial charge in [-0.2, -0.15) is 0 Å². The molecule has 2 heterocycles. The van der Waals surface area contributed by atoms with Crippen LogP contribution in [0.1, 0.15) is 83.2 Å². The number of nitrogens with one attached hydrogen (secondary N) is 2. The van der Waals surface area contributed by atoms with E-state index in [1.807, 2.05) is 35.2 Å². The van der Waals surface area contributed by atoms with Gasteiger partial charge in [-0.05, 0) is 44.6 Å². The van der Waals surface area contributed by atoms with E-state index in [1.54, 1.807) is 24.0 Å². The van der Waals surface area contributed by atoms with Crippen molar-refractivity contribution >= 4 is 24.0 Å². The summed E-state index contributed by atoms with van der Waals surface area (Å²) in [7, 11) is 0. The molecular weight excluding hydrogens is 480 g/mol. The van der Waals surface area contributed by atoms with Crippen LogP contribution < -0.4 is 16.4 Å². The number of anilines is 1. The minimum Gasteiger partial charge on any atom is -0.352 e. The molecule has 0 spiro atoms. The number of nitrogens with two attached hydrogens (primary N) is 1. The van der Waals surface area contributed by atoms with Gasteiger partial charge in [-0.25, -0.2) is 4.98 Å². The number of likely N-dealkylation sites (tertiary alicyclic amines) is 1. The first-order valence-electron chi connectivity index (χ1n) is 14.0. The van der Waals surface area contributed by atoms with Crippen molar-refractivity contribution in [3.8, 4) is 0 Å². The number of imidazole rings is 1. The molecule has 0 bridgehead atoms. The van der Waals surface area contributed by atoms with E-state index < -0.39 is 12.1 Å². The number of hydrogen-bond acceptors (Lipinski definition) is 5. The summed E-state index contributed by atoms with van der Waals surface area (Å²) in [5.41, 5.74) is 6.44. The normalized spacial score (nSPS) is 18.3. The highest BCUT2D eigenvalue weighted by molar-refractivity contribution is 5.84. The van der Waals surface area contributed by atoms with Crippen LogP contribution in [0.15, 0.2) is 42.9 Å². The lowest BCUT2D eigenvalue weighted by atomic mass is 9.93. The van der Waals surface area contributed by atoms with Crippen molar-refractivity contribution in [2.75, 3.05) is 18.4 Å². The van der Waals surface area contributed by atoms with Crippen molar-refractivity contribution in [3.63, 3.8) is 0 Å². The Morgan fingerprint density at radius 3 is 2.32 bits per heavy atom. The third-order valence-corrected chi connectivity index (χ3v) is 7.34. The first kappa shape index (κ1) is 29.4. The number of benzene rings is 1. The molecule has 4 N–H and O–H groups in total. The fraction of sp³-hybridized carbons (Fsp3) is 0.586. The molecule has 1 saturated carbocycles. The van der Waals surface area contributed by atoms with Crippen molar-refractivity contribution in [2.24, 2.45) is 11.7 Å². The average molecular weight is 525 g/mol. The van der Waals surface area contributed by atoms with Gasteiger partial charge in [0.05, 0.1) is 12.4 Å². The summed E-state index contributed by atoms with van der Waals surface area (Å²) in [6.45, 7) is 5.42. The van der Waals surface area contributed by atoms with Crippen molar-refractivity contribution in [2.45, 2.75) is 89.8 Å². The Bertz CT molecular complexity index is 995. The molecule has 0 radical (unpaired) electrons. The molecule has 208 valence electrons. The number of carbonyl (C=O) groups excluding carboxylic acids is 3. The Morgan fingerprint density at radius 2 is 1.71 bits per heavy atom. The fourth-order valence-corrected chi connectivity index (χ4v) is 5.33. The van der Waals surface area contributed by atoms with E-state index in [0.717, 1.165) is 43.8 Å². The maximum absolute atomic E-state index is 12.9. The molecule has 4 rings (SSSR count). The Kier molecular flexibility index (Phi) is 11.8. The molecular formula is C29H44N6O3. The number of hydrogen-bond donors (Lipinski definition) is 3. The third-order valence-electron chi connectivity index (χ3n) is 7.34. The van der Waals surface area contributed by atoms with Gasteiger partial charge in [-0.1, -0.05) is 68.9 Å². The van der Waals surface area contributed by atoms with Crippen molar-refractivity contribution in [1.29, 1.82) is 0 Å². The molecule has 3 atom stereocenters. The van der Waals surface area contributed by atoms with E-state index in [-0.39, 0.29) is 17.9 Å². The summed E-state index contributed by atoms with van der Waals surface area (Å²) in [6.07, 6.45) is 15.2. The van der Waals surface area contributed by atoms with Gasteiger partial charge in [0.2, 0.25) is 18.2 Å². The van der Waals surface area contributed by atoms with Crippen LogP contribution in [-0.2, 0) is 14.4 Å². The van der Waals surface area contributed by atoms with Crippen LogP contribution >= 0.6 is 0 Å². The Hall–Kier alpha value is -3.20. The number of nitrogens with zero attached hydrogens (tertiary/aromatic N) is 3. The predicted octanol–water partition coefficient (Wildman–Crippen LogP) is 3.86. The highest BCUT2D eigenvalue weighted by atomic mass is 16.2. The van der Waals surface area contributed by atoms with Crippen LogP contribution in [0.3, 0.4) is 0 Å². The quantitative estimate of drug-likeness (QED) is 0.340. The number of carbonyl (C=O) groups is 3. The van der Waals surface area contributed by atoms with Crippen LogP contribution in [-0.4, -0.2) is 57.8 Å². The summed E-state index contributed by atoms with van der Waals surface area (Å²) in [5, 5.41) is 5.49. The molecule has 1 aromatic carbocycles. The molecule has 3 amide bonds. The second kappa shape index (κ2) is 15.3. The van der Waals surface area contributed by atoms with E-state index in [9.17, 15) is 14.4 Å². The van der Waals surface area contributed by atoms with Gasteiger partial charge in [-0.3, -0.25) is 14.4 Å². The summed E-state index contributed by atoms with van der Waals surface area (Å²) < 4.78 is 1.75. The van der Waals surface area contributed by atoms with Crippen LogP contribution in [0.5, 0.6) is 0 Å². The van der Waals surface area contributed by atoms with Crippen LogP contribution in [0.2, 0.25) is 0 Å². The van der Waals surface area contributed by atoms with Crippen LogP contribution in [0, 0.1) is 5.92 Å². The maximum Gasteiger partial charge on any atom is 0.250 e. The Labute approximate surface area is 226 Å². The predicted molar refractivity (Wildman–Crippen MR) is 149 cm³/mol. The Morgan fingerprint density at radius 1 is 1.05 bits per heavy atom. The zero-order chi connectivity index (χ0) is 27.3. The van der Waals surface area contributed by atoms with Crippen LogP contribution in [0.25, 0.3) is 0 Å². The van der Waals surface area contributed by atoms with Gasteiger partial charge in [0.1, 0.15) is 6.04 Å². The second-order valence-electron chi connectivity index (χ2n) is 10.6. The van der Waals surface area contributed by atoms with Crippen molar-refractivity contribution < 1.29 is 14.4 Å². The number of amides is 3. The van der Waals surface area contributed by atoms with Crippen LogP contribution in [0.4, 0.5) is 5.82 Å². The highest BCUT2D eigenvalue weighted by Gasteiger charge is 2.29. The van der Waals surface area contributed by atoms with Gasteiger partial charge in [-0.15, -0.1) is 0 Å². The number of aromatic nitrogens is 2. The van der Waals surface area contributed by atoms with E-state index in [1.165, 1.54) is 38.5 Å². The summed E-state index contributed by atoms with van der Waals surface area (Å²) in [6, 6.07) is 9.06. The summed E-state index contributed by atoms with van der Waals surface area (Å²) in [4.78, 5) is 40.9. The zero-order valence-electron chi connectivity index (χ0n) is 22.9. The van der Waals surface area contributed by atoms with E-state index in [2.05, 4.69) is 22.5 Å². The van der Waals surface area contributed by atoms with Gasteiger partial charge in [0.25, 0.3) is 0 Å². The largest absolute Gasteiger partial charge is 0.352 e. The maximum atomic E-state index is 12.9. The fourth-order valence-electron chi connectivity index (χ4n) is 5.33. The molecule has 2 fully saturated rings. The minimum atomic E-state index is -0.450. The lowest BCUT2D eigenvalue weighted by Crippen LogP contribution is -2.43. The smallest absolute Gasteiger partial charge is 0.250 e. The zero-order valence-corrected chi connectivity index (χ0v) is 22.9. The molecule has 1 aliphatic carbocycles. The molecule has 1 saturated heterocycles. The lowest BCUT2D eigenvalue weighted by molar-refractivity contribution is -0.132. The first-order chi connectivity index (χ1) is 18.4. The third kappa shape index (κ3) is 8.97. The monoisotopic (exact) mass is 524 g/mol. The van der Waals surface area contributed by atoms with Crippen molar-refractivity contribution in [1.82, 2.24) is 19.8 Å². The average Bonchev–Trinajstić information content (AvgIpc) is 3.54. The minimum absolute atomic E-state index is 0.0267. The van der Waals surface area contributed by atoms with Gasteiger partial charge in [0.15, 0.2) is 5.82 Å². The Balaban J connectivity index is 0.000000223. The molecule has 2 aliphatic rings. The molecule has 2 aromatic rings. The topological polar surface area (TPSA) is 122 Å². The summed E-state index contributed by atoms with van der Waals surface area (Å²) >= 11 is 0. The summed E-state index contributed by atoms with van der Waals surface area (Å²) in [5.74, 6) is 1.27. The molecule has 3 unspecified atom stereocenters. The van der Waals surface area contributed by atoms with Gasteiger partial charge < -0.3 is 25.8 Å². The number of rotatable bonds is 9. The second-order valence-corrected chi connectivity index (χ2v) is 10.6. The SMILES string of the molecule is CC(CC1CCCCCC1)NC(=O)C(C)N.O=CNc1cn(C(C(=O)N2CCCC2)c2ccccc2)cn1. The van der Waals surface area contributed by atoms with E-state index >= 15 is 0 Å². The van der Waals surface area contributed by atoms with E-state index in [0.29, 0.717) is 12.2 Å². The standard InChI is InChI=1S/C16H18N4O2.C13H26N2O/c21-12-18-14-10-20(11-17-14)15(13-6-2-1-3-7-13)16(22)19-8-4-5-9-19;1-10(15-13(16)11(2)14)9-12-7-5-3-4-6-8-12/h1-3,6-7,10-12,15H,4-5,8-9H2,(H,18,21);10-12H,3-9,14H2,1-2H3,(H,15,16). The highest BCUT2D eigenvalue weighted by Crippen LogP contribution is 2.26. The molecule has 1 aliphatic heterocycles. The lowest BCUT2D eigenvalue weighted by Gasteiger charge is -2.24. The molecule has 38 heavy (non-hydrogen) atoms. The molecule has 1 aromatic heterocycles. The molecule has 9 heteroatoms. The van der Waals surface area contributed by atoms with E-state index in [4.69, 9.17) is 5.73 Å². The van der Waals surface area contributed by atoms with Crippen molar-refractivity contribution in [3.05, 3.63) is 48.4 Å². The van der Waals surface area contributed by atoms with Gasteiger partial charge in [0, 0.05) is 25.3 Å². The molecule has 9 nitrogen and oxygen atoms in total. The first-order valence-corrected chi connectivity index (χ1v) is 14.0.